The standard InChI is InChI=1S/C14H20N2O4S/c1-20-14(17)13-5-3-2-4-11(13)10-21(18,19)16-8-6-12(15)7-9-16/h2-5,12H,6-10,15H2,1H3. The van der Waals surface area contributed by atoms with Crippen molar-refractivity contribution in [3.05, 3.63) is 35.4 Å². The van der Waals surface area contributed by atoms with Crippen molar-refractivity contribution in [1.29, 1.82) is 0 Å². The van der Waals surface area contributed by atoms with Gasteiger partial charge in [-0.3, -0.25) is 0 Å². The third kappa shape index (κ3) is 3.81. The molecular weight excluding hydrogens is 292 g/mol. The number of benzene rings is 1. The molecule has 1 aromatic rings. The lowest BCUT2D eigenvalue weighted by Crippen LogP contribution is -2.43. The lowest BCUT2D eigenvalue weighted by molar-refractivity contribution is 0.0600. The van der Waals surface area contributed by atoms with Gasteiger partial charge in [0.25, 0.3) is 0 Å². The van der Waals surface area contributed by atoms with Crippen LogP contribution in [0.1, 0.15) is 28.8 Å². The zero-order valence-electron chi connectivity index (χ0n) is 12.0. The normalized spacial score (nSPS) is 17.6. The molecule has 1 aromatic carbocycles. The van der Waals surface area contributed by atoms with Crippen LogP contribution < -0.4 is 5.73 Å². The molecule has 2 rings (SSSR count). The molecule has 1 saturated heterocycles. The summed E-state index contributed by atoms with van der Waals surface area (Å²) in [5.41, 5.74) is 6.54. The van der Waals surface area contributed by atoms with Crippen molar-refractivity contribution in [3.8, 4) is 0 Å². The van der Waals surface area contributed by atoms with Gasteiger partial charge in [-0.15, -0.1) is 0 Å². The second-order valence-corrected chi connectivity index (χ2v) is 7.11. The first-order valence-electron chi connectivity index (χ1n) is 6.83. The van der Waals surface area contributed by atoms with Crippen LogP contribution in [-0.4, -0.2) is 44.9 Å². The van der Waals surface area contributed by atoms with Crippen molar-refractivity contribution in [1.82, 2.24) is 4.31 Å². The number of carbonyl (C=O) groups is 1. The summed E-state index contributed by atoms with van der Waals surface area (Å²) in [4.78, 5) is 11.7. The number of esters is 1. The third-order valence-electron chi connectivity index (χ3n) is 3.65. The highest BCUT2D eigenvalue weighted by Gasteiger charge is 2.28. The maximum absolute atomic E-state index is 12.5. The van der Waals surface area contributed by atoms with Crippen molar-refractivity contribution >= 4 is 16.0 Å². The first-order valence-corrected chi connectivity index (χ1v) is 8.44. The molecule has 0 aromatic heterocycles. The first-order chi connectivity index (χ1) is 9.94. The fraction of sp³-hybridized carbons (Fsp3) is 0.500. The Bertz CT molecular complexity index is 607. The van der Waals surface area contributed by atoms with Gasteiger partial charge in [0, 0.05) is 19.1 Å². The molecule has 1 aliphatic rings. The minimum atomic E-state index is -3.45. The van der Waals surface area contributed by atoms with Gasteiger partial charge in [-0.1, -0.05) is 18.2 Å². The summed E-state index contributed by atoms with van der Waals surface area (Å²) >= 11 is 0. The predicted octanol–water partition coefficient (Wildman–Crippen LogP) is 0.726. The van der Waals surface area contributed by atoms with E-state index in [1.807, 2.05) is 0 Å². The van der Waals surface area contributed by atoms with E-state index < -0.39 is 16.0 Å². The highest BCUT2D eigenvalue weighted by Crippen LogP contribution is 2.19. The Labute approximate surface area is 124 Å². The first kappa shape index (κ1) is 15.9. The Kier molecular flexibility index (Phi) is 4.97. The average molecular weight is 312 g/mol. The molecule has 0 saturated carbocycles. The largest absolute Gasteiger partial charge is 0.465 e. The Morgan fingerprint density at radius 1 is 1.33 bits per heavy atom. The van der Waals surface area contributed by atoms with Crippen LogP contribution in [0.15, 0.2) is 24.3 Å². The van der Waals surface area contributed by atoms with Gasteiger partial charge in [0.1, 0.15) is 0 Å². The van der Waals surface area contributed by atoms with Crippen LogP contribution in [0.2, 0.25) is 0 Å². The Hall–Kier alpha value is -1.44. The molecule has 1 aliphatic heterocycles. The van der Waals surface area contributed by atoms with Gasteiger partial charge in [-0.2, -0.15) is 0 Å². The summed E-state index contributed by atoms with van der Waals surface area (Å²) in [6, 6.07) is 6.67. The van der Waals surface area contributed by atoms with E-state index in [-0.39, 0.29) is 17.4 Å². The topological polar surface area (TPSA) is 89.7 Å². The molecule has 0 unspecified atom stereocenters. The Morgan fingerprint density at radius 3 is 2.57 bits per heavy atom. The van der Waals surface area contributed by atoms with E-state index >= 15 is 0 Å². The number of rotatable bonds is 4. The van der Waals surface area contributed by atoms with Crippen LogP contribution in [0.25, 0.3) is 0 Å². The van der Waals surface area contributed by atoms with Crippen LogP contribution in [0.4, 0.5) is 0 Å². The summed E-state index contributed by atoms with van der Waals surface area (Å²) < 4.78 is 31.1. The average Bonchev–Trinajstić information content (AvgIpc) is 2.47. The number of nitrogens with zero attached hydrogens (tertiary/aromatic N) is 1. The van der Waals surface area contributed by atoms with Crippen LogP contribution >= 0.6 is 0 Å². The zero-order valence-corrected chi connectivity index (χ0v) is 12.8. The summed E-state index contributed by atoms with van der Waals surface area (Å²) in [7, 11) is -2.18. The molecule has 21 heavy (non-hydrogen) atoms. The SMILES string of the molecule is COC(=O)c1ccccc1CS(=O)(=O)N1CCC(N)CC1. The molecule has 0 aliphatic carbocycles. The molecule has 2 N–H and O–H groups in total. The second-order valence-electron chi connectivity index (χ2n) is 5.14. The number of hydrogen-bond acceptors (Lipinski definition) is 5. The molecular formula is C14H20N2O4S. The monoisotopic (exact) mass is 312 g/mol. The molecule has 7 heteroatoms. The predicted molar refractivity (Wildman–Crippen MR) is 79.2 cm³/mol. The fourth-order valence-electron chi connectivity index (χ4n) is 2.40. The van der Waals surface area contributed by atoms with Gasteiger partial charge in [-0.05, 0) is 24.5 Å². The highest BCUT2D eigenvalue weighted by atomic mass is 32.2. The van der Waals surface area contributed by atoms with E-state index in [1.165, 1.54) is 11.4 Å². The summed E-state index contributed by atoms with van der Waals surface area (Å²) in [6.45, 7) is 0.869. The number of ether oxygens (including phenoxy) is 1. The maximum atomic E-state index is 12.5. The van der Waals surface area contributed by atoms with Crippen molar-refractivity contribution in [3.63, 3.8) is 0 Å². The van der Waals surface area contributed by atoms with E-state index in [0.29, 0.717) is 31.5 Å². The van der Waals surface area contributed by atoms with Gasteiger partial charge in [0.05, 0.1) is 18.4 Å². The molecule has 0 atom stereocenters. The number of hydrogen-bond donors (Lipinski definition) is 1. The smallest absolute Gasteiger partial charge is 0.338 e. The Morgan fingerprint density at radius 2 is 1.95 bits per heavy atom. The van der Waals surface area contributed by atoms with E-state index in [9.17, 15) is 13.2 Å². The molecule has 0 bridgehead atoms. The van der Waals surface area contributed by atoms with Crippen LogP contribution in [0.5, 0.6) is 0 Å². The molecule has 0 amide bonds. The highest BCUT2D eigenvalue weighted by molar-refractivity contribution is 7.88. The van der Waals surface area contributed by atoms with Gasteiger partial charge in [0.2, 0.25) is 10.0 Å². The molecule has 6 nitrogen and oxygen atoms in total. The summed E-state index contributed by atoms with van der Waals surface area (Å²) in [5.74, 6) is -0.727. The molecule has 0 spiro atoms. The van der Waals surface area contributed by atoms with E-state index in [4.69, 9.17) is 5.73 Å². The maximum Gasteiger partial charge on any atom is 0.338 e. The second kappa shape index (κ2) is 6.55. The van der Waals surface area contributed by atoms with Gasteiger partial charge in [0.15, 0.2) is 0 Å². The number of nitrogens with two attached hydrogens (primary N) is 1. The lowest BCUT2D eigenvalue weighted by Gasteiger charge is -2.29. The number of piperidine rings is 1. The summed E-state index contributed by atoms with van der Waals surface area (Å²) in [5, 5.41) is 0. The molecule has 0 radical (unpaired) electrons. The van der Waals surface area contributed by atoms with Crippen molar-refractivity contribution in [2.75, 3.05) is 20.2 Å². The third-order valence-corrected chi connectivity index (χ3v) is 5.48. The van der Waals surface area contributed by atoms with Crippen LogP contribution in [0, 0.1) is 0 Å². The zero-order chi connectivity index (χ0) is 15.5. The summed E-state index contributed by atoms with van der Waals surface area (Å²) in [6.07, 6.45) is 1.33. The van der Waals surface area contributed by atoms with Crippen molar-refractivity contribution < 1.29 is 17.9 Å². The van der Waals surface area contributed by atoms with Gasteiger partial charge in [-0.25, -0.2) is 17.5 Å². The number of sulfonamides is 1. The van der Waals surface area contributed by atoms with Crippen molar-refractivity contribution in [2.24, 2.45) is 5.73 Å². The lowest BCUT2D eigenvalue weighted by atomic mass is 10.1. The minimum absolute atomic E-state index is 0.0683. The van der Waals surface area contributed by atoms with Gasteiger partial charge < -0.3 is 10.5 Å². The number of carbonyl (C=O) groups excluding carboxylic acids is 1. The molecule has 1 heterocycles. The number of methoxy groups -OCH3 is 1. The van der Waals surface area contributed by atoms with E-state index in [0.717, 1.165) is 0 Å². The molecule has 116 valence electrons. The van der Waals surface area contributed by atoms with Crippen LogP contribution in [0.3, 0.4) is 0 Å². The van der Waals surface area contributed by atoms with E-state index in [2.05, 4.69) is 4.74 Å². The van der Waals surface area contributed by atoms with Crippen LogP contribution in [-0.2, 0) is 20.5 Å². The minimum Gasteiger partial charge on any atom is -0.465 e. The fourth-order valence-corrected chi connectivity index (χ4v) is 3.99. The quantitative estimate of drug-likeness (QED) is 0.828. The Balaban J connectivity index is 2.19. The van der Waals surface area contributed by atoms with Crippen molar-refractivity contribution in [2.45, 2.75) is 24.6 Å². The van der Waals surface area contributed by atoms with Gasteiger partial charge >= 0.3 is 5.97 Å². The van der Waals surface area contributed by atoms with E-state index in [1.54, 1.807) is 24.3 Å². The molecule has 1 fully saturated rings.